The number of amides is 1. The van der Waals surface area contributed by atoms with Crippen LogP contribution in [0.15, 0.2) is 29.6 Å². The van der Waals surface area contributed by atoms with Gasteiger partial charge in [0.2, 0.25) is 15.9 Å². The highest BCUT2D eigenvalue weighted by atomic mass is 32.2. The average molecular weight is 479 g/mol. The number of rotatable bonds is 6. The molecule has 2 aromatic rings. The quantitative estimate of drug-likeness (QED) is 0.633. The van der Waals surface area contributed by atoms with E-state index in [1.807, 2.05) is 29.2 Å². The molecule has 4 rings (SSSR count). The van der Waals surface area contributed by atoms with Crippen LogP contribution in [0.5, 0.6) is 5.75 Å². The van der Waals surface area contributed by atoms with Gasteiger partial charge in [0.15, 0.2) is 0 Å². The molecule has 32 heavy (non-hydrogen) atoms. The maximum atomic E-state index is 12.9. The van der Waals surface area contributed by atoms with Crippen LogP contribution < -0.4 is 4.74 Å². The first-order valence-electron chi connectivity index (χ1n) is 10.9. The number of hydrogen-bond acceptors (Lipinski definition) is 7. The van der Waals surface area contributed by atoms with E-state index in [9.17, 15) is 13.2 Å². The van der Waals surface area contributed by atoms with Gasteiger partial charge in [-0.2, -0.15) is 0 Å². The summed E-state index contributed by atoms with van der Waals surface area (Å²) in [5.41, 5.74) is 2.05. The Balaban J connectivity index is 1.25. The second-order valence-electron chi connectivity index (χ2n) is 8.39. The van der Waals surface area contributed by atoms with E-state index in [0.717, 1.165) is 41.6 Å². The molecule has 0 radical (unpaired) electrons. The van der Waals surface area contributed by atoms with Crippen molar-refractivity contribution in [1.29, 1.82) is 0 Å². The SMILES string of the molecule is COc1ccc(-c2csc(CN3CCN(C(=O)C4CCN(S(C)(=O)=O)CC4)CC3)n2)cc1. The predicted molar refractivity (Wildman–Crippen MR) is 125 cm³/mol. The fourth-order valence-electron chi connectivity index (χ4n) is 4.29. The second kappa shape index (κ2) is 9.86. The van der Waals surface area contributed by atoms with Crippen LogP contribution in [0.1, 0.15) is 17.8 Å². The maximum absolute atomic E-state index is 12.9. The Labute approximate surface area is 193 Å². The summed E-state index contributed by atoms with van der Waals surface area (Å²) in [6.07, 6.45) is 2.45. The standard InChI is InChI=1S/C22H30N4O4S2/c1-30-19-5-3-17(4-6-19)20-16-31-21(23-20)15-24-11-13-25(14-12-24)22(27)18-7-9-26(10-8-18)32(2,28)29/h3-6,16,18H,7-15H2,1-2H3. The molecule has 3 heterocycles. The van der Waals surface area contributed by atoms with E-state index in [2.05, 4.69) is 10.3 Å². The Morgan fingerprint density at radius 3 is 2.34 bits per heavy atom. The van der Waals surface area contributed by atoms with E-state index in [0.29, 0.717) is 39.0 Å². The Hall–Kier alpha value is -2.01. The largest absolute Gasteiger partial charge is 0.497 e. The van der Waals surface area contributed by atoms with Gasteiger partial charge in [-0.15, -0.1) is 11.3 Å². The first kappa shape index (κ1) is 23.2. The van der Waals surface area contributed by atoms with Crippen molar-refractivity contribution in [2.24, 2.45) is 5.92 Å². The molecule has 1 aromatic carbocycles. The zero-order chi connectivity index (χ0) is 22.7. The van der Waals surface area contributed by atoms with Crippen LogP contribution in [0.2, 0.25) is 0 Å². The first-order chi connectivity index (χ1) is 15.3. The van der Waals surface area contributed by atoms with Crippen LogP contribution in [0.4, 0.5) is 0 Å². The molecule has 1 amide bonds. The third-order valence-corrected chi connectivity index (χ3v) is 8.39. The molecule has 10 heteroatoms. The molecule has 2 aliphatic rings. The molecule has 174 valence electrons. The second-order valence-corrected chi connectivity index (χ2v) is 11.3. The number of carbonyl (C=O) groups is 1. The molecule has 2 aliphatic heterocycles. The van der Waals surface area contributed by atoms with Crippen molar-refractivity contribution in [2.45, 2.75) is 19.4 Å². The normalized spacial score (nSPS) is 19.2. The molecular weight excluding hydrogens is 448 g/mol. The van der Waals surface area contributed by atoms with Gasteiger partial charge in [-0.05, 0) is 37.1 Å². The van der Waals surface area contributed by atoms with Gasteiger partial charge < -0.3 is 9.64 Å². The molecule has 0 bridgehead atoms. The summed E-state index contributed by atoms with van der Waals surface area (Å²) in [4.78, 5) is 22.0. The van der Waals surface area contributed by atoms with E-state index >= 15 is 0 Å². The van der Waals surface area contributed by atoms with Gasteiger partial charge in [0, 0.05) is 56.1 Å². The number of aromatic nitrogens is 1. The number of methoxy groups -OCH3 is 1. The zero-order valence-corrected chi connectivity index (χ0v) is 20.2. The molecule has 2 saturated heterocycles. The highest BCUT2D eigenvalue weighted by Gasteiger charge is 2.32. The fourth-order valence-corrected chi connectivity index (χ4v) is 6.01. The van der Waals surface area contributed by atoms with E-state index in [1.165, 1.54) is 10.6 Å². The Morgan fingerprint density at radius 1 is 1.09 bits per heavy atom. The molecule has 2 fully saturated rings. The predicted octanol–water partition coefficient (Wildman–Crippen LogP) is 2.13. The van der Waals surface area contributed by atoms with E-state index < -0.39 is 10.0 Å². The summed E-state index contributed by atoms with van der Waals surface area (Å²) in [6.45, 7) is 4.74. The van der Waals surface area contributed by atoms with E-state index in [1.54, 1.807) is 18.4 Å². The van der Waals surface area contributed by atoms with Crippen molar-refractivity contribution < 1.29 is 17.9 Å². The number of thiazole rings is 1. The topological polar surface area (TPSA) is 83.0 Å². The Bertz CT molecular complexity index is 1020. The van der Waals surface area contributed by atoms with Gasteiger partial charge in [-0.3, -0.25) is 9.69 Å². The molecule has 0 aliphatic carbocycles. The number of hydrogen-bond donors (Lipinski definition) is 0. The summed E-state index contributed by atoms with van der Waals surface area (Å²) >= 11 is 1.66. The molecule has 8 nitrogen and oxygen atoms in total. The van der Waals surface area contributed by atoms with E-state index in [4.69, 9.17) is 9.72 Å². The molecule has 0 spiro atoms. The maximum Gasteiger partial charge on any atom is 0.225 e. The van der Waals surface area contributed by atoms with Gasteiger partial charge in [0.25, 0.3) is 0 Å². The van der Waals surface area contributed by atoms with Crippen LogP contribution >= 0.6 is 11.3 Å². The number of piperidine rings is 1. The van der Waals surface area contributed by atoms with Crippen LogP contribution in [-0.2, 0) is 21.4 Å². The van der Waals surface area contributed by atoms with Crippen molar-refractivity contribution in [2.75, 3.05) is 52.6 Å². The molecule has 0 atom stereocenters. The smallest absolute Gasteiger partial charge is 0.225 e. The van der Waals surface area contributed by atoms with Crippen molar-refractivity contribution in [3.63, 3.8) is 0 Å². The van der Waals surface area contributed by atoms with Crippen molar-refractivity contribution in [3.8, 4) is 17.0 Å². The third kappa shape index (κ3) is 5.48. The summed E-state index contributed by atoms with van der Waals surface area (Å²) in [5.74, 6) is 0.942. The summed E-state index contributed by atoms with van der Waals surface area (Å²) < 4.78 is 30.0. The highest BCUT2D eigenvalue weighted by Crippen LogP contribution is 2.26. The molecule has 0 N–H and O–H groups in total. The summed E-state index contributed by atoms with van der Waals surface area (Å²) in [6, 6.07) is 7.91. The summed E-state index contributed by atoms with van der Waals surface area (Å²) in [5, 5.41) is 3.16. The lowest BCUT2D eigenvalue weighted by Crippen LogP contribution is -2.51. The third-order valence-electron chi connectivity index (χ3n) is 6.25. The minimum Gasteiger partial charge on any atom is -0.497 e. The number of nitrogens with zero attached hydrogens (tertiary/aromatic N) is 4. The average Bonchev–Trinajstić information content (AvgIpc) is 3.27. The van der Waals surface area contributed by atoms with Crippen molar-refractivity contribution in [1.82, 2.24) is 19.1 Å². The van der Waals surface area contributed by atoms with Crippen LogP contribution in [0.25, 0.3) is 11.3 Å². The molecular formula is C22H30N4O4S2. The first-order valence-corrected chi connectivity index (χ1v) is 13.6. The minimum atomic E-state index is -3.17. The lowest BCUT2D eigenvalue weighted by Gasteiger charge is -2.38. The lowest BCUT2D eigenvalue weighted by atomic mass is 9.96. The van der Waals surface area contributed by atoms with Gasteiger partial charge in [-0.1, -0.05) is 0 Å². The van der Waals surface area contributed by atoms with E-state index in [-0.39, 0.29) is 11.8 Å². The molecule has 1 aromatic heterocycles. The number of carbonyl (C=O) groups excluding carboxylic acids is 1. The van der Waals surface area contributed by atoms with Gasteiger partial charge in [-0.25, -0.2) is 17.7 Å². The number of sulfonamides is 1. The number of ether oxygens (including phenoxy) is 1. The highest BCUT2D eigenvalue weighted by molar-refractivity contribution is 7.88. The number of piperazine rings is 1. The van der Waals surface area contributed by atoms with Gasteiger partial charge in [0.05, 0.1) is 25.6 Å². The summed E-state index contributed by atoms with van der Waals surface area (Å²) in [7, 11) is -1.51. The molecule has 0 unspecified atom stereocenters. The van der Waals surface area contributed by atoms with Crippen LogP contribution in [0, 0.1) is 5.92 Å². The van der Waals surface area contributed by atoms with Gasteiger partial charge >= 0.3 is 0 Å². The minimum absolute atomic E-state index is 0.0643. The fraction of sp³-hybridized carbons (Fsp3) is 0.545. The van der Waals surface area contributed by atoms with Gasteiger partial charge in [0.1, 0.15) is 10.8 Å². The molecule has 0 saturated carbocycles. The Kier molecular flexibility index (Phi) is 7.14. The van der Waals surface area contributed by atoms with Crippen molar-refractivity contribution in [3.05, 3.63) is 34.7 Å². The Morgan fingerprint density at radius 2 is 1.75 bits per heavy atom. The monoisotopic (exact) mass is 478 g/mol. The van der Waals surface area contributed by atoms with Crippen molar-refractivity contribution >= 4 is 27.3 Å². The van der Waals surface area contributed by atoms with Crippen LogP contribution in [-0.4, -0.2) is 86.0 Å². The lowest BCUT2D eigenvalue weighted by molar-refractivity contribution is -0.138. The number of benzene rings is 1. The van der Waals surface area contributed by atoms with Crippen LogP contribution in [0.3, 0.4) is 0 Å². The zero-order valence-electron chi connectivity index (χ0n) is 18.6.